The predicted molar refractivity (Wildman–Crippen MR) is 126 cm³/mol. The van der Waals surface area contributed by atoms with Gasteiger partial charge in [0, 0.05) is 43.2 Å². The molecule has 33 heavy (non-hydrogen) atoms. The van der Waals surface area contributed by atoms with Gasteiger partial charge in [0.05, 0.1) is 33.0 Å². The lowest BCUT2D eigenvalue weighted by atomic mass is 10.0. The summed E-state index contributed by atoms with van der Waals surface area (Å²) >= 11 is 6.98. The SMILES string of the molecule is C=CC(=O)N1CCN2c3ncnc4cc(-c5cccc6nccnc56)c(Cl)c(c34)OC[C@@H]2C1. The van der Waals surface area contributed by atoms with Gasteiger partial charge in [0.1, 0.15) is 18.8 Å². The van der Waals surface area contributed by atoms with Gasteiger partial charge in [0.2, 0.25) is 5.91 Å². The molecule has 8 nitrogen and oxygen atoms in total. The van der Waals surface area contributed by atoms with Crippen molar-refractivity contribution < 1.29 is 9.53 Å². The fourth-order valence-corrected chi connectivity index (χ4v) is 5.00. The average molecular weight is 459 g/mol. The van der Waals surface area contributed by atoms with Gasteiger partial charge in [-0.2, -0.15) is 0 Å². The summed E-state index contributed by atoms with van der Waals surface area (Å²) in [4.78, 5) is 34.2. The summed E-state index contributed by atoms with van der Waals surface area (Å²) in [6, 6.07) is 7.72. The Morgan fingerprint density at radius 3 is 2.88 bits per heavy atom. The van der Waals surface area contributed by atoms with Gasteiger partial charge in [-0.1, -0.05) is 30.3 Å². The third-order valence-electron chi connectivity index (χ3n) is 6.25. The first-order valence-electron chi connectivity index (χ1n) is 10.6. The molecule has 2 aliphatic heterocycles. The highest BCUT2D eigenvalue weighted by atomic mass is 35.5. The van der Waals surface area contributed by atoms with Gasteiger partial charge in [-0.15, -0.1) is 0 Å². The lowest BCUT2D eigenvalue weighted by Crippen LogP contribution is -2.56. The summed E-state index contributed by atoms with van der Waals surface area (Å²) in [5.41, 5.74) is 3.91. The molecule has 6 rings (SSSR count). The van der Waals surface area contributed by atoms with Gasteiger partial charge in [-0.3, -0.25) is 14.8 Å². The van der Waals surface area contributed by atoms with Crippen molar-refractivity contribution in [3.05, 3.63) is 60.7 Å². The normalized spacial score (nSPS) is 17.4. The van der Waals surface area contributed by atoms with Gasteiger partial charge in [0.25, 0.3) is 0 Å². The Hall–Kier alpha value is -3.78. The van der Waals surface area contributed by atoms with Crippen molar-refractivity contribution in [3.63, 3.8) is 0 Å². The first kappa shape index (κ1) is 19.9. The van der Waals surface area contributed by atoms with Crippen LogP contribution in [-0.2, 0) is 4.79 Å². The second kappa shape index (κ2) is 7.67. The number of rotatable bonds is 2. The van der Waals surface area contributed by atoms with Gasteiger partial charge < -0.3 is 14.5 Å². The van der Waals surface area contributed by atoms with Crippen molar-refractivity contribution in [2.45, 2.75) is 6.04 Å². The van der Waals surface area contributed by atoms with E-state index in [-0.39, 0.29) is 11.9 Å². The number of anilines is 1. The van der Waals surface area contributed by atoms with Crippen LogP contribution >= 0.6 is 11.6 Å². The van der Waals surface area contributed by atoms with Crippen molar-refractivity contribution >= 4 is 45.3 Å². The maximum absolute atomic E-state index is 12.2. The summed E-state index contributed by atoms with van der Waals surface area (Å²) in [5, 5.41) is 1.26. The smallest absolute Gasteiger partial charge is 0.246 e. The molecule has 1 fully saturated rings. The molecule has 0 unspecified atom stereocenters. The number of nitrogens with zero attached hydrogens (tertiary/aromatic N) is 6. The highest BCUT2D eigenvalue weighted by molar-refractivity contribution is 6.37. The van der Waals surface area contributed by atoms with E-state index in [9.17, 15) is 4.79 Å². The number of fused-ring (bicyclic) bond motifs is 3. The van der Waals surface area contributed by atoms with Crippen LogP contribution in [0.2, 0.25) is 5.02 Å². The Morgan fingerprint density at radius 1 is 1.12 bits per heavy atom. The molecular weight excluding hydrogens is 440 g/mol. The Morgan fingerprint density at radius 2 is 2.00 bits per heavy atom. The fourth-order valence-electron chi connectivity index (χ4n) is 4.69. The zero-order valence-electron chi connectivity index (χ0n) is 17.6. The molecule has 0 saturated carbocycles. The minimum atomic E-state index is -0.0818. The predicted octanol–water partition coefficient (Wildman–Crippen LogP) is 3.49. The van der Waals surface area contributed by atoms with E-state index in [0.29, 0.717) is 37.0 Å². The molecule has 0 aliphatic carbocycles. The summed E-state index contributed by atoms with van der Waals surface area (Å²) < 4.78 is 6.30. The lowest BCUT2D eigenvalue weighted by Gasteiger charge is -2.40. The number of aromatic nitrogens is 4. The lowest BCUT2D eigenvalue weighted by molar-refractivity contribution is -0.126. The molecule has 1 saturated heterocycles. The van der Waals surface area contributed by atoms with Gasteiger partial charge in [-0.05, 0) is 18.2 Å². The minimum absolute atomic E-state index is 0.0592. The molecule has 4 heterocycles. The van der Waals surface area contributed by atoms with E-state index in [1.165, 1.54) is 6.08 Å². The van der Waals surface area contributed by atoms with Crippen LogP contribution in [0.3, 0.4) is 0 Å². The van der Waals surface area contributed by atoms with Crippen LogP contribution in [0.1, 0.15) is 0 Å². The quantitative estimate of drug-likeness (QED) is 0.425. The van der Waals surface area contributed by atoms with Crippen LogP contribution in [0.25, 0.3) is 33.1 Å². The largest absolute Gasteiger partial charge is 0.489 e. The third kappa shape index (κ3) is 3.09. The van der Waals surface area contributed by atoms with Crippen LogP contribution in [0, 0.1) is 0 Å². The summed E-state index contributed by atoms with van der Waals surface area (Å²) in [5.74, 6) is 1.24. The highest BCUT2D eigenvalue weighted by Gasteiger charge is 2.35. The van der Waals surface area contributed by atoms with Crippen molar-refractivity contribution in [2.75, 3.05) is 31.1 Å². The number of hydrogen-bond acceptors (Lipinski definition) is 7. The molecule has 2 aromatic heterocycles. The molecule has 0 radical (unpaired) electrons. The standard InChI is InChI=1S/C24H19ClN6O2/c1-2-19(32)30-8-9-31-14(11-30)12-33-23-20-18(28-13-29-24(20)31)10-16(21(23)25)15-4-3-5-17-22(15)27-7-6-26-17/h2-7,10,13-14H,1,8-9,11-12H2/t14-/m0/s1. The first-order chi connectivity index (χ1) is 16.2. The number of para-hydroxylation sites is 1. The number of hydrogen-bond donors (Lipinski definition) is 0. The Kier molecular flexibility index (Phi) is 4.62. The molecule has 4 aromatic rings. The maximum atomic E-state index is 12.2. The number of ether oxygens (including phenoxy) is 1. The van der Waals surface area contributed by atoms with E-state index in [2.05, 4.69) is 31.4 Å². The van der Waals surface area contributed by atoms with Crippen LogP contribution < -0.4 is 9.64 Å². The summed E-state index contributed by atoms with van der Waals surface area (Å²) in [6.07, 6.45) is 6.24. The van der Waals surface area contributed by atoms with Crippen molar-refractivity contribution in [1.29, 1.82) is 0 Å². The Labute approximate surface area is 194 Å². The molecule has 2 aliphatic rings. The molecule has 164 valence electrons. The maximum Gasteiger partial charge on any atom is 0.246 e. The van der Waals surface area contributed by atoms with Crippen LogP contribution in [0.15, 0.2) is 55.6 Å². The minimum Gasteiger partial charge on any atom is -0.489 e. The molecule has 0 N–H and O–H groups in total. The zero-order chi connectivity index (χ0) is 22.5. The third-order valence-corrected chi connectivity index (χ3v) is 6.63. The number of halogens is 1. The molecule has 2 aromatic carbocycles. The summed E-state index contributed by atoms with van der Waals surface area (Å²) in [6.45, 7) is 5.72. The Bertz CT molecular complexity index is 1440. The highest BCUT2D eigenvalue weighted by Crippen LogP contribution is 2.46. The Balaban J connectivity index is 1.52. The fraction of sp³-hybridized carbons (Fsp3) is 0.208. The number of piperazine rings is 1. The molecule has 1 amide bonds. The monoisotopic (exact) mass is 458 g/mol. The number of benzene rings is 2. The summed E-state index contributed by atoms with van der Waals surface area (Å²) in [7, 11) is 0. The zero-order valence-corrected chi connectivity index (χ0v) is 18.4. The average Bonchev–Trinajstić information content (AvgIpc) is 3.03. The van der Waals surface area contributed by atoms with Crippen molar-refractivity contribution in [3.8, 4) is 16.9 Å². The molecule has 0 bridgehead atoms. The van der Waals surface area contributed by atoms with Gasteiger partial charge >= 0.3 is 0 Å². The van der Waals surface area contributed by atoms with Crippen LogP contribution in [-0.4, -0.2) is 63.0 Å². The van der Waals surface area contributed by atoms with Crippen molar-refractivity contribution in [2.24, 2.45) is 0 Å². The van der Waals surface area contributed by atoms with Crippen LogP contribution in [0.4, 0.5) is 5.82 Å². The van der Waals surface area contributed by atoms with Gasteiger partial charge in [-0.25, -0.2) is 9.97 Å². The van der Waals surface area contributed by atoms with E-state index >= 15 is 0 Å². The van der Waals surface area contributed by atoms with Gasteiger partial charge in [0.15, 0.2) is 5.75 Å². The van der Waals surface area contributed by atoms with Crippen LogP contribution in [0.5, 0.6) is 5.75 Å². The second-order valence-electron chi connectivity index (χ2n) is 8.03. The molecular formula is C24H19ClN6O2. The number of carbonyl (C=O) groups excluding carboxylic acids is 1. The topological polar surface area (TPSA) is 84.3 Å². The van der Waals surface area contributed by atoms with E-state index in [1.54, 1.807) is 23.6 Å². The van der Waals surface area contributed by atoms with E-state index in [4.69, 9.17) is 16.3 Å². The number of amides is 1. The van der Waals surface area contributed by atoms with E-state index in [0.717, 1.165) is 38.9 Å². The first-order valence-corrected chi connectivity index (χ1v) is 11.0. The molecule has 0 spiro atoms. The number of carbonyl (C=O) groups is 1. The van der Waals surface area contributed by atoms with E-state index < -0.39 is 0 Å². The molecule has 9 heteroatoms. The van der Waals surface area contributed by atoms with E-state index in [1.807, 2.05) is 24.3 Å². The molecule has 1 atom stereocenters. The second-order valence-corrected chi connectivity index (χ2v) is 8.41. The van der Waals surface area contributed by atoms with Crippen molar-refractivity contribution in [1.82, 2.24) is 24.8 Å².